The minimum Gasteiger partial charge on any atom is -0.481 e. The van der Waals surface area contributed by atoms with Crippen molar-refractivity contribution in [1.29, 1.82) is 0 Å². The van der Waals surface area contributed by atoms with Gasteiger partial charge in [0.05, 0.1) is 10.7 Å². The first kappa shape index (κ1) is 10.9. The highest BCUT2D eigenvalue weighted by Gasteiger charge is 1.98. The summed E-state index contributed by atoms with van der Waals surface area (Å²) in [6, 6.07) is 7.39. The topological polar surface area (TPSA) is 49.3 Å². The number of para-hydroxylation sites is 1. The van der Waals surface area contributed by atoms with Crippen molar-refractivity contribution in [2.24, 2.45) is 0 Å². The summed E-state index contributed by atoms with van der Waals surface area (Å²) in [6.45, 7) is 0.621. The molecule has 1 aromatic rings. The average Bonchev–Trinajstić information content (AvgIpc) is 2.15. The second-order valence-electron chi connectivity index (χ2n) is 2.90. The zero-order chi connectivity index (χ0) is 10.4. The van der Waals surface area contributed by atoms with Crippen molar-refractivity contribution < 1.29 is 9.90 Å². The van der Waals surface area contributed by atoms with E-state index >= 15 is 0 Å². The van der Waals surface area contributed by atoms with E-state index in [1.54, 1.807) is 6.07 Å². The number of carboxylic acids is 1. The molecule has 0 fully saturated rings. The van der Waals surface area contributed by atoms with Gasteiger partial charge in [-0.15, -0.1) is 0 Å². The van der Waals surface area contributed by atoms with Crippen LogP contribution >= 0.6 is 11.6 Å². The van der Waals surface area contributed by atoms with Crippen LogP contribution in [-0.4, -0.2) is 17.6 Å². The number of hydrogen-bond acceptors (Lipinski definition) is 2. The lowest BCUT2D eigenvalue weighted by Crippen LogP contribution is -2.04. The smallest absolute Gasteiger partial charge is 0.303 e. The van der Waals surface area contributed by atoms with Crippen molar-refractivity contribution in [1.82, 2.24) is 0 Å². The van der Waals surface area contributed by atoms with E-state index in [-0.39, 0.29) is 6.42 Å². The second-order valence-corrected chi connectivity index (χ2v) is 3.31. The molecule has 14 heavy (non-hydrogen) atoms. The van der Waals surface area contributed by atoms with Gasteiger partial charge in [0.25, 0.3) is 0 Å². The highest BCUT2D eigenvalue weighted by molar-refractivity contribution is 6.33. The molecule has 0 bridgehead atoms. The van der Waals surface area contributed by atoms with Crippen molar-refractivity contribution >= 4 is 23.3 Å². The largest absolute Gasteiger partial charge is 0.481 e. The van der Waals surface area contributed by atoms with Crippen LogP contribution in [0.2, 0.25) is 5.02 Å². The Hall–Kier alpha value is -1.22. The number of carbonyl (C=O) groups is 1. The Morgan fingerprint density at radius 2 is 2.14 bits per heavy atom. The van der Waals surface area contributed by atoms with Gasteiger partial charge in [0, 0.05) is 13.0 Å². The molecule has 0 unspecified atom stereocenters. The van der Waals surface area contributed by atoms with E-state index in [0.717, 1.165) is 5.69 Å². The van der Waals surface area contributed by atoms with Gasteiger partial charge in [0.15, 0.2) is 0 Å². The van der Waals surface area contributed by atoms with Crippen molar-refractivity contribution in [3.05, 3.63) is 29.3 Å². The van der Waals surface area contributed by atoms with Gasteiger partial charge in [-0.05, 0) is 18.6 Å². The second kappa shape index (κ2) is 5.50. The molecular formula is C10H12ClNO2. The number of aliphatic carboxylic acids is 1. The van der Waals surface area contributed by atoms with Gasteiger partial charge in [-0.3, -0.25) is 4.79 Å². The molecule has 76 valence electrons. The lowest BCUT2D eigenvalue weighted by molar-refractivity contribution is -0.137. The molecule has 0 radical (unpaired) electrons. The molecule has 0 aliphatic carbocycles. The van der Waals surface area contributed by atoms with E-state index < -0.39 is 5.97 Å². The summed E-state index contributed by atoms with van der Waals surface area (Å²) in [4.78, 5) is 10.2. The molecule has 0 saturated carbocycles. The van der Waals surface area contributed by atoms with E-state index in [9.17, 15) is 4.79 Å². The summed E-state index contributed by atoms with van der Waals surface area (Å²) in [6.07, 6.45) is 0.776. The summed E-state index contributed by atoms with van der Waals surface area (Å²) in [5.41, 5.74) is 0.847. The number of halogens is 1. The summed E-state index contributed by atoms with van der Waals surface area (Å²) in [7, 11) is 0. The highest BCUT2D eigenvalue weighted by atomic mass is 35.5. The van der Waals surface area contributed by atoms with Crippen molar-refractivity contribution in [3.8, 4) is 0 Å². The standard InChI is InChI=1S/C10H12ClNO2/c11-8-4-1-2-5-9(8)12-7-3-6-10(13)14/h1-2,4-5,12H,3,6-7H2,(H,13,14). The Balaban J connectivity index is 2.31. The Morgan fingerprint density at radius 3 is 2.79 bits per heavy atom. The number of nitrogens with one attached hydrogen (secondary N) is 1. The monoisotopic (exact) mass is 213 g/mol. The molecule has 3 nitrogen and oxygen atoms in total. The molecule has 0 saturated heterocycles. The van der Waals surface area contributed by atoms with Gasteiger partial charge in [0.2, 0.25) is 0 Å². The zero-order valence-electron chi connectivity index (χ0n) is 7.66. The summed E-state index contributed by atoms with van der Waals surface area (Å²) in [5, 5.41) is 12.1. The van der Waals surface area contributed by atoms with Crippen LogP contribution < -0.4 is 5.32 Å². The van der Waals surface area contributed by atoms with Crippen LogP contribution in [0.5, 0.6) is 0 Å². The first-order valence-electron chi connectivity index (χ1n) is 4.40. The molecule has 1 aromatic carbocycles. The minimum absolute atomic E-state index is 0.178. The number of rotatable bonds is 5. The minimum atomic E-state index is -0.772. The Morgan fingerprint density at radius 1 is 1.43 bits per heavy atom. The van der Waals surface area contributed by atoms with Gasteiger partial charge < -0.3 is 10.4 Å². The van der Waals surface area contributed by atoms with Gasteiger partial charge in [0.1, 0.15) is 0 Å². The van der Waals surface area contributed by atoms with Gasteiger partial charge in [-0.25, -0.2) is 0 Å². The third-order valence-electron chi connectivity index (χ3n) is 1.76. The maximum atomic E-state index is 10.2. The zero-order valence-corrected chi connectivity index (χ0v) is 8.42. The molecule has 0 atom stereocenters. The van der Waals surface area contributed by atoms with Crippen LogP contribution in [0.25, 0.3) is 0 Å². The Labute approximate surface area is 87.7 Å². The fourth-order valence-corrected chi connectivity index (χ4v) is 1.27. The van der Waals surface area contributed by atoms with Gasteiger partial charge >= 0.3 is 5.97 Å². The highest BCUT2D eigenvalue weighted by Crippen LogP contribution is 2.20. The lowest BCUT2D eigenvalue weighted by atomic mass is 10.3. The van der Waals surface area contributed by atoms with Crippen LogP contribution in [0.3, 0.4) is 0 Å². The predicted octanol–water partition coefficient (Wildman–Crippen LogP) is 2.62. The van der Waals surface area contributed by atoms with E-state index in [0.29, 0.717) is 18.0 Å². The third kappa shape index (κ3) is 3.66. The fourth-order valence-electron chi connectivity index (χ4n) is 1.07. The molecule has 0 heterocycles. The van der Waals surface area contributed by atoms with E-state index in [1.807, 2.05) is 18.2 Å². The number of benzene rings is 1. The molecule has 0 aliphatic heterocycles. The number of hydrogen-bond donors (Lipinski definition) is 2. The molecule has 0 aromatic heterocycles. The molecule has 2 N–H and O–H groups in total. The molecule has 0 aliphatic rings. The summed E-state index contributed by atoms with van der Waals surface area (Å²) < 4.78 is 0. The van der Waals surface area contributed by atoms with E-state index in [4.69, 9.17) is 16.7 Å². The lowest BCUT2D eigenvalue weighted by Gasteiger charge is -2.06. The van der Waals surface area contributed by atoms with E-state index in [2.05, 4.69) is 5.32 Å². The number of anilines is 1. The summed E-state index contributed by atoms with van der Waals surface area (Å²) in [5.74, 6) is -0.772. The molecule has 0 amide bonds. The van der Waals surface area contributed by atoms with Gasteiger partial charge in [-0.1, -0.05) is 23.7 Å². The average molecular weight is 214 g/mol. The first-order chi connectivity index (χ1) is 6.70. The maximum absolute atomic E-state index is 10.2. The van der Waals surface area contributed by atoms with Crippen molar-refractivity contribution in [2.75, 3.05) is 11.9 Å². The maximum Gasteiger partial charge on any atom is 0.303 e. The van der Waals surface area contributed by atoms with Crippen LogP contribution in [-0.2, 0) is 4.79 Å². The molecular weight excluding hydrogens is 202 g/mol. The fraction of sp³-hybridized carbons (Fsp3) is 0.300. The molecule has 0 spiro atoms. The first-order valence-corrected chi connectivity index (χ1v) is 4.78. The van der Waals surface area contributed by atoms with E-state index in [1.165, 1.54) is 0 Å². The molecule has 1 rings (SSSR count). The van der Waals surface area contributed by atoms with Crippen LogP contribution in [0.4, 0.5) is 5.69 Å². The van der Waals surface area contributed by atoms with Crippen molar-refractivity contribution in [2.45, 2.75) is 12.8 Å². The number of carboxylic acid groups (broad SMARTS) is 1. The normalized spacial score (nSPS) is 9.79. The SMILES string of the molecule is O=C(O)CCCNc1ccccc1Cl. The van der Waals surface area contributed by atoms with Crippen LogP contribution in [0.1, 0.15) is 12.8 Å². The van der Waals surface area contributed by atoms with Gasteiger partial charge in [-0.2, -0.15) is 0 Å². The summed E-state index contributed by atoms with van der Waals surface area (Å²) >= 11 is 5.89. The Kier molecular flexibility index (Phi) is 4.26. The predicted molar refractivity (Wildman–Crippen MR) is 56.8 cm³/mol. The van der Waals surface area contributed by atoms with Crippen molar-refractivity contribution in [3.63, 3.8) is 0 Å². The van der Waals surface area contributed by atoms with Crippen LogP contribution in [0, 0.1) is 0 Å². The van der Waals surface area contributed by atoms with Crippen LogP contribution in [0.15, 0.2) is 24.3 Å². The quantitative estimate of drug-likeness (QED) is 0.740. The third-order valence-corrected chi connectivity index (χ3v) is 2.09. The Bertz CT molecular complexity index is 315. The molecule has 4 heteroatoms.